The Kier molecular flexibility index (Phi) is 2.87. The summed E-state index contributed by atoms with van der Waals surface area (Å²) in [5.74, 6) is 4.67. The molecule has 0 bridgehead atoms. The maximum atomic E-state index is 10.7. The molecule has 1 atom stereocenters. The Morgan fingerprint density at radius 3 is 3.00 bits per heavy atom. The molecule has 6 heteroatoms. The van der Waals surface area contributed by atoms with Crippen LogP contribution in [0.1, 0.15) is 12.8 Å². The summed E-state index contributed by atoms with van der Waals surface area (Å²) in [6, 6.07) is -0.122. The molecule has 0 radical (unpaired) electrons. The molecule has 5 N–H and O–H groups in total. The van der Waals surface area contributed by atoms with Gasteiger partial charge in [0.05, 0.1) is 0 Å². The van der Waals surface area contributed by atoms with Gasteiger partial charge in [0.25, 0.3) is 0 Å². The minimum atomic E-state index is -0.212. The van der Waals surface area contributed by atoms with Gasteiger partial charge < -0.3 is 10.6 Å². The Morgan fingerprint density at radius 2 is 2.50 bits per heavy atom. The zero-order valence-electron chi connectivity index (χ0n) is 6.59. The highest BCUT2D eigenvalue weighted by molar-refractivity contribution is 5.77. The van der Waals surface area contributed by atoms with Crippen molar-refractivity contribution in [2.45, 2.75) is 18.9 Å². The second-order valence-corrected chi connectivity index (χ2v) is 2.66. The number of hydrazine groups is 1. The number of urea groups is 1. The second-order valence-electron chi connectivity index (χ2n) is 2.66. The molecule has 1 unspecified atom stereocenters. The first-order chi connectivity index (χ1) is 5.72. The summed E-state index contributed by atoms with van der Waals surface area (Å²) < 4.78 is 0. The fourth-order valence-electron chi connectivity index (χ4n) is 1.06. The van der Waals surface area contributed by atoms with E-state index in [1.54, 1.807) is 0 Å². The van der Waals surface area contributed by atoms with Gasteiger partial charge in [-0.25, -0.2) is 10.6 Å². The topological polar surface area (TPSA) is 96.2 Å². The predicted octanol–water partition coefficient (Wildman–Crippen LogP) is -1.56. The molecule has 1 rings (SSSR count). The lowest BCUT2D eigenvalue weighted by atomic mass is 10.1. The van der Waals surface area contributed by atoms with Crippen LogP contribution in [-0.4, -0.2) is 24.5 Å². The number of hydrogen-bond acceptors (Lipinski definition) is 3. The molecule has 6 nitrogen and oxygen atoms in total. The van der Waals surface area contributed by atoms with Crippen LogP contribution >= 0.6 is 0 Å². The number of hydrogen-bond donors (Lipinski definition) is 4. The summed E-state index contributed by atoms with van der Waals surface area (Å²) in [5, 5.41) is 5.26. The molecule has 1 aliphatic heterocycles. The standard InChI is InChI=1S/C6H12N4O2/c7-10-5(11)2-1-4-3-8-6(12)9-4/h4H,1-3,7H2,(H,10,11)(H2,8,9,12). The van der Waals surface area contributed by atoms with Crippen molar-refractivity contribution in [2.75, 3.05) is 6.54 Å². The lowest BCUT2D eigenvalue weighted by molar-refractivity contribution is -0.121. The Bertz CT molecular complexity index is 194. The summed E-state index contributed by atoms with van der Waals surface area (Å²) in [6.45, 7) is 0.580. The zero-order valence-corrected chi connectivity index (χ0v) is 6.59. The molecular weight excluding hydrogens is 160 g/mol. The van der Waals surface area contributed by atoms with E-state index in [9.17, 15) is 9.59 Å². The molecule has 68 valence electrons. The minimum Gasteiger partial charge on any atom is -0.336 e. The van der Waals surface area contributed by atoms with E-state index in [1.807, 2.05) is 5.43 Å². The maximum absolute atomic E-state index is 10.7. The highest BCUT2D eigenvalue weighted by Gasteiger charge is 2.19. The summed E-state index contributed by atoms with van der Waals surface area (Å²) >= 11 is 0. The van der Waals surface area contributed by atoms with E-state index in [2.05, 4.69) is 10.6 Å². The van der Waals surface area contributed by atoms with Crippen LogP contribution < -0.4 is 21.9 Å². The molecule has 12 heavy (non-hydrogen) atoms. The van der Waals surface area contributed by atoms with Crippen LogP contribution in [0.25, 0.3) is 0 Å². The third-order valence-corrected chi connectivity index (χ3v) is 1.73. The molecule has 1 fully saturated rings. The molecule has 0 saturated carbocycles. The van der Waals surface area contributed by atoms with Gasteiger partial charge in [-0.15, -0.1) is 0 Å². The van der Waals surface area contributed by atoms with E-state index < -0.39 is 0 Å². The SMILES string of the molecule is NNC(=O)CCC1CNC(=O)N1. The van der Waals surface area contributed by atoms with E-state index in [4.69, 9.17) is 5.84 Å². The van der Waals surface area contributed by atoms with Gasteiger partial charge in [-0.3, -0.25) is 10.2 Å². The first-order valence-electron chi connectivity index (χ1n) is 3.76. The van der Waals surface area contributed by atoms with Crippen molar-refractivity contribution < 1.29 is 9.59 Å². The summed E-state index contributed by atoms with van der Waals surface area (Å²) in [6.07, 6.45) is 0.949. The fraction of sp³-hybridized carbons (Fsp3) is 0.667. The molecule has 0 aromatic heterocycles. The fourth-order valence-corrected chi connectivity index (χ4v) is 1.06. The van der Waals surface area contributed by atoms with Crippen molar-refractivity contribution in [1.29, 1.82) is 0 Å². The zero-order chi connectivity index (χ0) is 8.97. The molecular formula is C6H12N4O2. The van der Waals surface area contributed by atoms with Gasteiger partial charge in [0.15, 0.2) is 0 Å². The van der Waals surface area contributed by atoms with Crippen molar-refractivity contribution in [1.82, 2.24) is 16.1 Å². The number of rotatable bonds is 3. The van der Waals surface area contributed by atoms with E-state index >= 15 is 0 Å². The molecule has 1 saturated heterocycles. The molecule has 1 heterocycles. The third-order valence-electron chi connectivity index (χ3n) is 1.73. The van der Waals surface area contributed by atoms with Gasteiger partial charge in [0.1, 0.15) is 0 Å². The summed E-state index contributed by atoms with van der Waals surface area (Å²) in [5.41, 5.74) is 2.03. The van der Waals surface area contributed by atoms with Crippen molar-refractivity contribution in [3.63, 3.8) is 0 Å². The predicted molar refractivity (Wildman–Crippen MR) is 41.9 cm³/mol. The van der Waals surface area contributed by atoms with Crippen molar-refractivity contribution in [2.24, 2.45) is 5.84 Å². The molecule has 0 aromatic carbocycles. The van der Waals surface area contributed by atoms with Crippen LogP contribution in [0.4, 0.5) is 4.79 Å². The Labute approximate surface area is 69.8 Å². The summed E-state index contributed by atoms with van der Waals surface area (Å²) in [7, 11) is 0. The van der Waals surface area contributed by atoms with Crippen LogP contribution in [0.5, 0.6) is 0 Å². The molecule has 3 amide bonds. The van der Waals surface area contributed by atoms with Crippen LogP contribution in [0.3, 0.4) is 0 Å². The van der Waals surface area contributed by atoms with Crippen molar-refractivity contribution >= 4 is 11.9 Å². The van der Waals surface area contributed by atoms with E-state index in [-0.39, 0.29) is 18.0 Å². The summed E-state index contributed by atoms with van der Waals surface area (Å²) in [4.78, 5) is 21.3. The highest BCUT2D eigenvalue weighted by Crippen LogP contribution is 1.99. The Balaban J connectivity index is 2.16. The first kappa shape index (κ1) is 8.79. The monoisotopic (exact) mass is 172 g/mol. The Morgan fingerprint density at radius 1 is 1.75 bits per heavy atom. The van der Waals surface area contributed by atoms with Crippen LogP contribution in [0, 0.1) is 0 Å². The van der Waals surface area contributed by atoms with Gasteiger partial charge in [-0.1, -0.05) is 0 Å². The van der Waals surface area contributed by atoms with Crippen LogP contribution in [0.15, 0.2) is 0 Å². The smallest absolute Gasteiger partial charge is 0.315 e. The number of nitrogens with two attached hydrogens (primary N) is 1. The largest absolute Gasteiger partial charge is 0.336 e. The molecule has 0 spiro atoms. The molecule has 0 aromatic rings. The van der Waals surface area contributed by atoms with Gasteiger partial charge >= 0.3 is 6.03 Å². The third kappa shape index (κ3) is 2.39. The number of carbonyl (C=O) groups is 2. The average Bonchev–Trinajstić information content (AvgIpc) is 2.47. The van der Waals surface area contributed by atoms with E-state index in [0.29, 0.717) is 19.4 Å². The minimum absolute atomic E-state index is 0.0507. The normalized spacial score (nSPS) is 21.4. The molecule has 1 aliphatic rings. The van der Waals surface area contributed by atoms with Gasteiger partial charge in [0.2, 0.25) is 5.91 Å². The van der Waals surface area contributed by atoms with E-state index in [0.717, 1.165) is 0 Å². The second kappa shape index (κ2) is 3.91. The van der Waals surface area contributed by atoms with Crippen LogP contribution in [-0.2, 0) is 4.79 Å². The van der Waals surface area contributed by atoms with Crippen molar-refractivity contribution in [3.8, 4) is 0 Å². The highest BCUT2D eigenvalue weighted by atomic mass is 16.2. The lowest BCUT2D eigenvalue weighted by Gasteiger charge is -2.06. The first-order valence-corrected chi connectivity index (χ1v) is 3.76. The lowest BCUT2D eigenvalue weighted by Crippen LogP contribution is -2.33. The van der Waals surface area contributed by atoms with Gasteiger partial charge in [-0.2, -0.15) is 0 Å². The number of carbonyl (C=O) groups excluding carboxylic acids is 2. The Hall–Kier alpha value is -1.30. The van der Waals surface area contributed by atoms with Gasteiger partial charge in [-0.05, 0) is 6.42 Å². The number of amides is 3. The van der Waals surface area contributed by atoms with Crippen molar-refractivity contribution in [3.05, 3.63) is 0 Å². The average molecular weight is 172 g/mol. The van der Waals surface area contributed by atoms with Crippen LogP contribution in [0.2, 0.25) is 0 Å². The molecule has 0 aliphatic carbocycles. The maximum Gasteiger partial charge on any atom is 0.315 e. The van der Waals surface area contributed by atoms with Gasteiger partial charge in [0, 0.05) is 19.0 Å². The quantitative estimate of drug-likeness (QED) is 0.235. The van der Waals surface area contributed by atoms with E-state index in [1.165, 1.54) is 0 Å². The number of nitrogens with one attached hydrogen (secondary N) is 3.